The van der Waals surface area contributed by atoms with E-state index in [0.29, 0.717) is 31.6 Å². The van der Waals surface area contributed by atoms with E-state index in [-0.39, 0.29) is 0 Å². The van der Waals surface area contributed by atoms with Crippen LogP contribution in [0.5, 0.6) is 5.75 Å². The highest BCUT2D eigenvalue weighted by molar-refractivity contribution is 5.83. The van der Waals surface area contributed by atoms with Crippen LogP contribution in [0.3, 0.4) is 0 Å². The minimum absolute atomic E-state index is 0.447. The van der Waals surface area contributed by atoms with Gasteiger partial charge < -0.3 is 9.84 Å². The molecule has 0 bridgehead atoms. The predicted molar refractivity (Wildman–Crippen MR) is 68.6 cm³/mol. The monoisotopic (exact) mass is 244 g/mol. The molecule has 1 aliphatic rings. The molecule has 1 atom stereocenters. The first-order chi connectivity index (χ1) is 8.70. The summed E-state index contributed by atoms with van der Waals surface area (Å²) < 4.78 is 5.54. The van der Waals surface area contributed by atoms with Gasteiger partial charge in [0.15, 0.2) is 0 Å². The van der Waals surface area contributed by atoms with Gasteiger partial charge in [0.05, 0.1) is 6.61 Å². The fourth-order valence-electron chi connectivity index (χ4n) is 2.45. The van der Waals surface area contributed by atoms with Crippen molar-refractivity contribution in [3.8, 4) is 17.6 Å². The first-order valence-corrected chi connectivity index (χ1v) is 6.06. The summed E-state index contributed by atoms with van der Waals surface area (Å²) in [5.41, 5.74) is -0.0692. The second-order valence-corrected chi connectivity index (χ2v) is 4.41. The molecule has 18 heavy (non-hydrogen) atoms. The number of fused-ring (bicyclic) bond motifs is 1. The van der Waals surface area contributed by atoms with Crippen molar-refractivity contribution >= 4 is 5.97 Å². The van der Waals surface area contributed by atoms with E-state index in [9.17, 15) is 9.90 Å². The zero-order valence-corrected chi connectivity index (χ0v) is 10.4. The molecular formula is C15H16O3. The van der Waals surface area contributed by atoms with Gasteiger partial charge in [0, 0.05) is 18.4 Å². The van der Waals surface area contributed by atoms with E-state index in [2.05, 4.69) is 11.8 Å². The zero-order valence-electron chi connectivity index (χ0n) is 10.4. The van der Waals surface area contributed by atoms with Crippen molar-refractivity contribution in [1.29, 1.82) is 0 Å². The first kappa shape index (κ1) is 12.5. The lowest BCUT2D eigenvalue weighted by molar-refractivity contribution is -0.145. The maximum absolute atomic E-state index is 11.7. The second-order valence-electron chi connectivity index (χ2n) is 4.41. The number of carbonyl (C=O) groups is 1. The van der Waals surface area contributed by atoms with Gasteiger partial charge in [-0.1, -0.05) is 18.2 Å². The highest BCUT2D eigenvalue weighted by atomic mass is 16.5. The van der Waals surface area contributed by atoms with Crippen LogP contribution in [0.4, 0.5) is 0 Å². The molecule has 0 aliphatic carbocycles. The Labute approximate surface area is 107 Å². The minimum atomic E-state index is -0.849. The van der Waals surface area contributed by atoms with Crippen LogP contribution in [0.1, 0.15) is 31.7 Å². The molecule has 1 N–H and O–H groups in total. The Morgan fingerprint density at radius 1 is 1.50 bits per heavy atom. The molecule has 0 saturated carbocycles. The molecule has 1 aromatic carbocycles. The lowest BCUT2D eigenvalue weighted by atomic mass is 9.73. The van der Waals surface area contributed by atoms with Gasteiger partial charge in [-0.15, -0.1) is 11.8 Å². The average molecular weight is 244 g/mol. The third kappa shape index (κ3) is 2.06. The zero-order chi connectivity index (χ0) is 13.0. The number of benzene rings is 1. The van der Waals surface area contributed by atoms with Crippen LogP contribution in [-0.4, -0.2) is 17.7 Å². The van der Waals surface area contributed by atoms with Crippen molar-refractivity contribution in [3.05, 3.63) is 29.8 Å². The van der Waals surface area contributed by atoms with Gasteiger partial charge in [-0.3, -0.25) is 4.79 Å². The van der Waals surface area contributed by atoms with Gasteiger partial charge in [-0.05, 0) is 19.4 Å². The summed E-state index contributed by atoms with van der Waals surface area (Å²) in [5.74, 6) is 5.67. The molecule has 0 amide bonds. The van der Waals surface area contributed by atoms with Gasteiger partial charge in [0.25, 0.3) is 0 Å². The van der Waals surface area contributed by atoms with Crippen LogP contribution in [0.25, 0.3) is 0 Å². The molecule has 0 fully saturated rings. The molecule has 0 radical (unpaired) electrons. The molecule has 3 nitrogen and oxygen atoms in total. The maximum Gasteiger partial charge on any atom is 0.314 e. The Morgan fingerprint density at radius 3 is 3.00 bits per heavy atom. The van der Waals surface area contributed by atoms with Crippen molar-refractivity contribution in [2.24, 2.45) is 0 Å². The fourth-order valence-corrected chi connectivity index (χ4v) is 2.45. The van der Waals surface area contributed by atoms with Gasteiger partial charge >= 0.3 is 5.97 Å². The first-order valence-electron chi connectivity index (χ1n) is 6.06. The topological polar surface area (TPSA) is 46.5 Å². The summed E-state index contributed by atoms with van der Waals surface area (Å²) >= 11 is 0. The Morgan fingerprint density at radius 2 is 2.28 bits per heavy atom. The number of hydrogen-bond donors (Lipinski definition) is 1. The Hall–Kier alpha value is -1.95. The van der Waals surface area contributed by atoms with Crippen molar-refractivity contribution in [1.82, 2.24) is 0 Å². The summed E-state index contributed by atoms with van der Waals surface area (Å²) in [6.45, 7) is 2.22. The normalized spacial score (nSPS) is 21.2. The molecule has 0 saturated heterocycles. The molecule has 1 heterocycles. The summed E-state index contributed by atoms with van der Waals surface area (Å²) in [4.78, 5) is 11.7. The molecule has 1 aromatic rings. The van der Waals surface area contributed by atoms with Gasteiger partial charge in [0.2, 0.25) is 0 Å². The van der Waals surface area contributed by atoms with E-state index in [1.165, 1.54) is 0 Å². The van der Waals surface area contributed by atoms with Crippen molar-refractivity contribution in [2.75, 3.05) is 6.61 Å². The van der Waals surface area contributed by atoms with Gasteiger partial charge in [0.1, 0.15) is 11.2 Å². The molecule has 0 spiro atoms. The largest absolute Gasteiger partial charge is 0.493 e. The summed E-state index contributed by atoms with van der Waals surface area (Å²) in [5, 5.41) is 9.63. The molecule has 2 rings (SSSR count). The number of para-hydroxylation sites is 1. The predicted octanol–water partition coefficient (Wildman–Crippen LogP) is 2.60. The number of hydrogen-bond acceptors (Lipinski definition) is 2. The number of carboxylic acids is 1. The minimum Gasteiger partial charge on any atom is -0.493 e. The summed E-state index contributed by atoms with van der Waals surface area (Å²) in [6, 6.07) is 7.40. The fraction of sp³-hybridized carbons (Fsp3) is 0.400. The SMILES string of the molecule is CC#CCCC1(C(=O)O)CCOc2ccccc21. The maximum atomic E-state index is 11.7. The molecule has 1 aliphatic heterocycles. The molecule has 0 aromatic heterocycles. The molecule has 3 heteroatoms. The third-order valence-electron chi connectivity index (χ3n) is 3.45. The van der Waals surface area contributed by atoms with E-state index < -0.39 is 11.4 Å². The van der Waals surface area contributed by atoms with Crippen LogP contribution in [-0.2, 0) is 10.2 Å². The van der Waals surface area contributed by atoms with E-state index in [0.717, 1.165) is 5.56 Å². The molecule has 94 valence electrons. The van der Waals surface area contributed by atoms with E-state index in [1.54, 1.807) is 6.92 Å². The van der Waals surface area contributed by atoms with Crippen molar-refractivity contribution in [2.45, 2.75) is 31.6 Å². The van der Waals surface area contributed by atoms with E-state index in [4.69, 9.17) is 4.74 Å². The van der Waals surface area contributed by atoms with Crippen molar-refractivity contribution in [3.63, 3.8) is 0 Å². The number of ether oxygens (including phenoxy) is 1. The molecular weight excluding hydrogens is 228 g/mol. The Bertz CT molecular complexity index is 510. The van der Waals surface area contributed by atoms with Crippen LogP contribution < -0.4 is 4.74 Å². The van der Waals surface area contributed by atoms with Crippen LogP contribution in [0, 0.1) is 11.8 Å². The van der Waals surface area contributed by atoms with E-state index in [1.807, 2.05) is 24.3 Å². The average Bonchev–Trinajstić information content (AvgIpc) is 2.39. The second kappa shape index (κ2) is 5.14. The van der Waals surface area contributed by atoms with Crippen LogP contribution >= 0.6 is 0 Å². The van der Waals surface area contributed by atoms with E-state index >= 15 is 0 Å². The smallest absolute Gasteiger partial charge is 0.314 e. The standard InChI is InChI=1S/C15H16O3/c1-2-3-6-9-15(14(16)17)10-11-18-13-8-5-4-7-12(13)15/h4-5,7-8H,6,9-11H2,1H3,(H,16,17). The Kier molecular flexibility index (Phi) is 3.57. The Balaban J connectivity index is 2.41. The number of carboxylic acid groups (broad SMARTS) is 1. The lowest BCUT2D eigenvalue weighted by Gasteiger charge is -2.34. The van der Waals surface area contributed by atoms with Crippen molar-refractivity contribution < 1.29 is 14.6 Å². The van der Waals surface area contributed by atoms with Crippen LogP contribution in [0.2, 0.25) is 0 Å². The summed E-state index contributed by atoms with van der Waals surface area (Å²) in [6.07, 6.45) is 1.63. The van der Waals surface area contributed by atoms with Gasteiger partial charge in [-0.25, -0.2) is 0 Å². The quantitative estimate of drug-likeness (QED) is 0.831. The van der Waals surface area contributed by atoms with Gasteiger partial charge in [-0.2, -0.15) is 0 Å². The molecule has 1 unspecified atom stereocenters. The summed E-state index contributed by atoms with van der Waals surface area (Å²) in [7, 11) is 0. The highest BCUT2D eigenvalue weighted by Crippen LogP contribution is 2.42. The third-order valence-corrected chi connectivity index (χ3v) is 3.45. The van der Waals surface area contributed by atoms with Crippen LogP contribution in [0.15, 0.2) is 24.3 Å². The number of aliphatic carboxylic acids is 1. The number of rotatable bonds is 3. The lowest BCUT2D eigenvalue weighted by Crippen LogP contribution is -2.40. The highest BCUT2D eigenvalue weighted by Gasteiger charge is 2.43.